The average Bonchev–Trinajstić information content (AvgIpc) is 3.39. The van der Waals surface area contributed by atoms with E-state index in [1.807, 2.05) is 28.8 Å². The summed E-state index contributed by atoms with van der Waals surface area (Å²) in [7, 11) is 0. The molecule has 0 amide bonds. The first-order valence-electron chi connectivity index (χ1n) is 10.2. The lowest BCUT2D eigenvalue weighted by Gasteiger charge is -2.30. The van der Waals surface area contributed by atoms with Crippen LogP contribution in [0, 0.1) is 0 Å². The van der Waals surface area contributed by atoms with Crippen LogP contribution >= 0.6 is 24.0 Å². The Kier molecular flexibility index (Phi) is 7.46. The number of nitrogens with zero attached hydrogens (tertiary/aromatic N) is 4. The van der Waals surface area contributed by atoms with Gasteiger partial charge in [0.25, 0.3) is 0 Å². The van der Waals surface area contributed by atoms with Gasteiger partial charge in [-0.15, -0.1) is 34.2 Å². The summed E-state index contributed by atoms with van der Waals surface area (Å²) < 4.78 is 1.98. The number of halogens is 1. The summed E-state index contributed by atoms with van der Waals surface area (Å²) in [5, 5.41) is 15.4. The van der Waals surface area contributed by atoms with Crippen molar-refractivity contribution in [3.05, 3.63) is 66.1 Å². The number of hydrogen-bond donors (Lipinski definition) is 2. The van der Waals surface area contributed by atoms with Crippen LogP contribution in [0.5, 0.6) is 0 Å². The Morgan fingerprint density at radius 2 is 1.79 bits per heavy atom. The van der Waals surface area contributed by atoms with Crippen LogP contribution in [-0.4, -0.2) is 33.6 Å². The predicted molar refractivity (Wildman–Crippen MR) is 128 cm³/mol. The maximum atomic E-state index is 4.76. The first-order chi connectivity index (χ1) is 13.8. The van der Waals surface area contributed by atoms with Crippen molar-refractivity contribution in [1.29, 1.82) is 0 Å². The van der Waals surface area contributed by atoms with Gasteiger partial charge in [-0.25, -0.2) is 4.99 Å². The van der Waals surface area contributed by atoms with Crippen LogP contribution in [0.3, 0.4) is 0 Å². The van der Waals surface area contributed by atoms with Crippen LogP contribution in [0.15, 0.2) is 59.7 Å². The van der Waals surface area contributed by atoms with Crippen molar-refractivity contribution in [2.45, 2.75) is 44.6 Å². The highest BCUT2D eigenvalue weighted by atomic mass is 127. The van der Waals surface area contributed by atoms with Crippen LogP contribution in [-0.2, 0) is 12.0 Å². The van der Waals surface area contributed by atoms with Crippen molar-refractivity contribution in [3.63, 3.8) is 0 Å². The third-order valence-corrected chi connectivity index (χ3v) is 5.65. The molecule has 1 aliphatic carbocycles. The minimum atomic E-state index is 0. The molecule has 2 aromatic heterocycles. The largest absolute Gasteiger partial charge is 0.357 e. The summed E-state index contributed by atoms with van der Waals surface area (Å²) in [6.45, 7) is 4.29. The molecule has 0 radical (unpaired) electrons. The molecule has 2 heterocycles. The number of fused-ring (bicyclic) bond motifs is 1. The number of aromatic nitrogens is 3. The highest BCUT2D eigenvalue weighted by Crippen LogP contribution is 2.40. The minimum Gasteiger partial charge on any atom is -0.357 e. The van der Waals surface area contributed by atoms with Crippen molar-refractivity contribution >= 4 is 35.6 Å². The number of hydrogen-bond acceptors (Lipinski definition) is 3. The molecule has 0 spiro atoms. The van der Waals surface area contributed by atoms with E-state index in [9.17, 15) is 0 Å². The van der Waals surface area contributed by atoms with Gasteiger partial charge in [-0.1, -0.05) is 49.2 Å². The third kappa shape index (κ3) is 4.88. The van der Waals surface area contributed by atoms with E-state index in [0.29, 0.717) is 6.54 Å². The topological polar surface area (TPSA) is 66.6 Å². The number of benzene rings is 1. The van der Waals surface area contributed by atoms with Crippen molar-refractivity contribution in [3.8, 4) is 0 Å². The molecule has 1 fully saturated rings. The zero-order valence-corrected chi connectivity index (χ0v) is 19.2. The monoisotopic (exact) mass is 504 g/mol. The van der Waals surface area contributed by atoms with E-state index in [4.69, 9.17) is 4.99 Å². The SMILES string of the molecule is CCNC(=NCc1nnc2ccccn12)NCC1(c2ccccc2)CCCC1.I. The zero-order valence-electron chi connectivity index (χ0n) is 16.8. The van der Waals surface area contributed by atoms with Crippen LogP contribution in [0.25, 0.3) is 5.65 Å². The Balaban J connectivity index is 0.00000240. The van der Waals surface area contributed by atoms with E-state index >= 15 is 0 Å². The summed E-state index contributed by atoms with van der Waals surface area (Å²) in [6.07, 6.45) is 6.99. The summed E-state index contributed by atoms with van der Waals surface area (Å²) in [4.78, 5) is 4.76. The first kappa shape index (κ1) is 21.5. The molecular formula is C22H29IN6. The van der Waals surface area contributed by atoms with Gasteiger partial charge in [0.05, 0.1) is 0 Å². The summed E-state index contributed by atoms with van der Waals surface area (Å²) >= 11 is 0. The Hall–Kier alpha value is -2.16. The van der Waals surface area contributed by atoms with E-state index in [-0.39, 0.29) is 29.4 Å². The van der Waals surface area contributed by atoms with Gasteiger partial charge in [-0.05, 0) is 37.5 Å². The number of guanidine groups is 1. The van der Waals surface area contributed by atoms with Gasteiger partial charge in [0, 0.05) is 24.7 Å². The minimum absolute atomic E-state index is 0. The number of rotatable bonds is 6. The predicted octanol–water partition coefficient (Wildman–Crippen LogP) is 3.91. The molecule has 1 aromatic carbocycles. The van der Waals surface area contributed by atoms with Crippen LogP contribution in [0.4, 0.5) is 0 Å². The molecule has 2 N–H and O–H groups in total. The van der Waals surface area contributed by atoms with Gasteiger partial charge in [0.1, 0.15) is 6.54 Å². The molecule has 0 atom stereocenters. The van der Waals surface area contributed by atoms with E-state index in [0.717, 1.165) is 30.5 Å². The molecular weight excluding hydrogens is 475 g/mol. The average molecular weight is 504 g/mol. The fraction of sp³-hybridized carbons (Fsp3) is 0.409. The van der Waals surface area contributed by atoms with Crippen LogP contribution < -0.4 is 10.6 Å². The van der Waals surface area contributed by atoms with Gasteiger partial charge in [-0.3, -0.25) is 4.40 Å². The molecule has 3 aromatic rings. The molecule has 6 nitrogen and oxygen atoms in total. The van der Waals surface area contributed by atoms with Crippen molar-refractivity contribution in [1.82, 2.24) is 25.2 Å². The normalized spacial score (nSPS) is 15.8. The van der Waals surface area contributed by atoms with Gasteiger partial charge in [-0.2, -0.15) is 0 Å². The summed E-state index contributed by atoms with van der Waals surface area (Å²) in [6, 6.07) is 16.8. The first-order valence-corrected chi connectivity index (χ1v) is 10.2. The maximum absolute atomic E-state index is 4.76. The van der Waals surface area contributed by atoms with Gasteiger partial charge in [0.15, 0.2) is 17.4 Å². The maximum Gasteiger partial charge on any atom is 0.191 e. The number of pyridine rings is 1. The van der Waals surface area contributed by atoms with Gasteiger partial charge >= 0.3 is 0 Å². The molecule has 1 saturated carbocycles. The fourth-order valence-corrected chi connectivity index (χ4v) is 4.15. The molecule has 0 unspecified atom stereocenters. The Bertz CT molecular complexity index is 931. The molecule has 29 heavy (non-hydrogen) atoms. The van der Waals surface area contributed by atoms with Crippen molar-refractivity contribution < 1.29 is 0 Å². The van der Waals surface area contributed by atoms with Crippen molar-refractivity contribution in [2.75, 3.05) is 13.1 Å². The second-order valence-electron chi connectivity index (χ2n) is 7.45. The van der Waals surface area contributed by atoms with Gasteiger partial charge < -0.3 is 10.6 Å². The lowest BCUT2D eigenvalue weighted by molar-refractivity contribution is 0.431. The van der Waals surface area contributed by atoms with E-state index in [1.54, 1.807) is 0 Å². The molecule has 7 heteroatoms. The second kappa shape index (κ2) is 10.0. The zero-order chi connectivity index (χ0) is 19.2. The molecule has 154 valence electrons. The highest BCUT2D eigenvalue weighted by Gasteiger charge is 2.35. The quantitative estimate of drug-likeness (QED) is 0.304. The Morgan fingerprint density at radius 1 is 1.03 bits per heavy atom. The smallest absolute Gasteiger partial charge is 0.191 e. The standard InChI is InChI=1S/C22H28N6.HI/c1-2-23-21(24-16-20-27-26-19-12-6-9-15-28(19)20)25-17-22(13-7-8-14-22)18-10-4-3-5-11-18;/h3-6,9-12,15H,2,7-8,13-14,16-17H2,1H3,(H2,23,24,25);1H. The van der Waals surface area contributed by atoms with E-state index in [1.165, 1.54) is 31.2 Å². The lowest BCUT2D eigenvalue weighted by Crippen LogP contribution is -2.44. The van der Waals surface area contributed by atoms with E-state index in [2.05, 4.69) is 58.1 Å². The fourth-order valence-electron chi connectivity index (χ4n) is 4.15. The van der Waals surface area contributed by atoms with E-state index < -0.39 is 0 Å². The Morgan fingerprint density at radius 3 is 2.55 bits per heavy atom. The van der Waals surface area contributed by atoms with Crippen LogP contribution in [0.2, 0.25) is 0 Å². The molecule has 1 aliphatic rings. The molecule has 0 aliphatic heterocycles. The van der Waals surface area contributed by atoms with Crippen molar-refractivity contribution in [2.24, 2.45) is 4.99 Å². The summed E-state index contributed by atoms with van der Waals surface area (Å²) in [5.74, 6) is 1.67. The molecule has 0 saturated heterocycles. The second-order valence-corrected chi connectivity index (χ2v) is 7.45. The number of nitrogens with one attached hydrogen (secondary N) is 2. The third-order valence-electron chi connectivity index (χ3n) is 5.65. The summed E-state index contributed by atoms with van der Waals surface area (Å²) in [5.41, 5.74) is 2.47. The highest BCUT2D eigenvalue weighted by molar-refractivity contribution is 14.0. The Labute approximate surface area is 189 Å². The number of aliphatic imine (C=N–C) groups is 1. The van der Waals surface area contributed by atoms with Gasteiger partial charge in [0.2, 0.25) is 0 Å². The van der Waals surface area contributed by atoms with Crippen LogP contribution in [0.1, 0.15) is 44.0 Å². The molecule has 0 bridgehead atoms. The molecule has 4 rings (SSSR count). The lowest BCUT2D eigenvalue weighted by atomic mass is 9.79.